The molecule has 1 amide bonds. The van der Waals surface area contributed by atoms with Crippen LogP contribution in [0.2, 0.25) is 0 Å². The highest BCUT2D eigenvalue weighted by atomic mass is 32.2. The minimum Gasteiger partial charge on any atom is -0.325 e. The molecule has 4 aromatic rings. The Morgan fingerprint density at radius 3 is 2.48 bits per heavy atom. The average Bonchev–Trinajstić information content (AvgIpc) is 3.09. The van der Waals surface area contributed by atoms with E-state index in [1.54, 1.807) is 12.1 Å². The van der Waals surface area contributed by atoms with E-state index in [2.05, 4.69) is 25.6 Å². The van der Waals surface area contributed by atoms with Gasteiger partial charge in [-0.2, -0.15) is 9.61 Å². The van der Waals surface area contributed by atoms with Gasteiger partial charge in [-0.25, -0.2) is 0 Å². The highest BCUT2D eigenvalue weighted by Crippen LogP contribution is 2.17. The predicted molar refractivity (Wildman–Crippen MR) is 103 cm³/mol. The van der Waals surface area contributed by atoms with Gasteiger partial charge in [0.05, 0.1) is 5.75 Å². The third-order valence-electron chi connectivity index (χ3n) is 3.69. The molecule has 134 valence electrons. The zero-order valence-corrected chi connectivity index (χ0v) is 14.8. The normalized spacial score (nSPS) is 10.8. The molecule has 0 aliphatic rings. The maximum absolute atomic E-state index is 12.2. The number of aromatic amines is 1. The fourth-order valence-electron chi connectivity index (χ4n) is 2.46. The lowest BCUT2D eigenvalue weighted by molar-refractivity contribution is -0.113. The Bertz CT molecular complexity index is 1140. The maximum Gasteiger partial charge on any atom is 0.279 e. The van der Waals surface area contributed by atoms with Gasteiger partial charge < -0.3 is 5.32 Å². The van der Waals surface area contributed by atoms with Gasteiger partial charge in [0.25, 0.3) is 11.3 Å². The Hall–Kier alpha value is -3.46. The highest BCUT2D eigenvalue weighted by molar-refractivity contribution is 7.99. The smallest absolute Gasteiger partial charge is 0.279 e. The molecule has 2 aromatic heterocycles. The monoisotopic (exact) mass is 378 g/mol. The van der Waals surface area contributed by atoms with Gasteiger partial charge in [0.15, 0.2) is 5.69 Å². The number of nitrogens with one attached hydrogen (secondary N) is 2. The second kappa shape index (κ2) is 7.42. The van der Waals surface area contributed by atoms with Crippen molar-refractivity contribution in [2.24, 2.45) is 0 Å². The third kappa shape index (κ3) is 3.72. The molecule has 0 aliphatic carbocycles. The van der Waals surface area contributed by atoms with Crippen molar-refractivity contribution in [3.8, 4) is 11.3 Å². The van der Waals surface area contributed by atoms with E-state index < -0.39 is 0 Å². The molecule has 0 aliphatic heterocycles. The van der Waals surface area contributed by atoms with E-state index in [-0.39, 0.29) is 28.7 Å². The Labute approximate surface area is 157 Å². The number of fused-ring (bicyclic) bond motifs is 1. The fourth-order valence-corrected chi connectivity index (χ4v) is 3.14. The molecule has 0 saturated heterocycles. The SMILES string of the molecule is O=C(CSc1nnc2[nH]c(=O)c(-c3ccccc3)nn12)Nc1ccccc1. The summed E-state index contributed by atoms with van der Waals surface area (Å²) in [6.07, 6.45) is 0. The van der Waals surface area contributed by atoms with Crippen LogP contribution in [-0.4, -0.2) is 36.5 Å². The summed E-state index contributed by atoms with van der Waals surface area (Å²) >= 11 is 1.19. The van der Waals surface area contributed by atoms with Crippen LogP contribution in [0.5, 0.6) is 0 Å². The molecule has 2 heterocycles. The Morgan fingerprint density at radius 2 is 1.74 bits per heavy atom. The molecule has 0 atom stereocenters. The van der Waals surface area contributed by atoms with Gasteiger partial charge in [-0.05, 0) is 12.1 Å². The Balaban J connectivity index is 1.56. The lowest BCUT2D eigenvalue weighted by atomic mass is 10.2. The number of carbonyl (C=O) groups is 1. The number of aromatic nitrogens is 5. The van der Waals surface area contributed by atoms with Crippen molar-refractivity contribution in [1.29, 1.82) is 0 Å². The van der Waals surface area contributed by atoms with Crippen LogP contribution in [0.1, 0.15) is 0 Å². The van der Waals surface area contributed by atoms with Gasteiger partial charge in [0.1, 0.15) is 0 Å². The second-order valence-corrected chi connectivity index (χ2v) is 6.53. The number of nitrogens with zero attached hydrogens (tertiary/aromatic N) is 4. The molecule has 0 fully saturated rings. The molecule has 0 unspecified atom stereocenters. The molecule has 27 heavy (non-hydrogen) atoms. The summed E-state index contributed by atoms with van der Waals surface area (Å²) in [7, 11) is 0. The molecule has 9 heteroatoms. The summed E-state index contributed by atoms with van der Waals surface area (Å²) in [4.78, 5) is 27.0. The molecular weight excluding hydrogens is 364 g/mol. The van der Waals surface area contributed by atoms with Crippen LogP contribution in [-0.2, 0) is 4.79 Å². The molecule has 0 bridgehead atoms. The maximum atomic E-state index is 12.2. The van der Waals surface area contributed by atoms with Gasteiger partial charge in [-0.3, -0.25) is 14.6 Å². The fraction of sp³-hybridized carbons (Fsp3) is 0.0556. The lowest BCUT2D eigenvalue weighted by Gasteiger charge is -2.04. The number of thioether (sulfide) groups is 1. The first-order valence-corrected chi connectivity index (χ1v) is 9.08. The summed E-state index contributed by atoms with van der Waals surface area (Å²) in [6, 6.07) is 18.3. The van der Waals surface area contributed by atoms with Gasteiger partial charge in [-0.1, -0.05) is 60.3 Å². The quantitative estimate of drug-likeness (QED) is 0.516. The van der Waals surface area contributed by atoms with Crippen LogP contribution in [0.3, 0.4) is 0 Å². The standard InChI is InChI=1S/C18H14N6O2S/c25-14(19-13-9-5-2-6-10-13)11-27-18-22-21-17-20-16(26)15(23-24(17)18)12-7-3-1-4-8-12/h1-10H,11H2,(H,19,25)(H,20,21,26). The van der Waals surface area contributed by atoms with Crippen molar-refractivity contribution in [2.75, 3.05) is 11.1 Å². The van der Waals surface area contributed by atoms with Crippen LogP contribution in [0.25, 0.3) is 17.0 Å². The van der Waals surface area contributed by atoms with Crippen LogP contribution in [0.15, 0.2) is 70.6 Å². The molecule has 8 nitrogen and oxygen atoms in total. The first kappa shape index (κ1) is 17.0. The molecule has 0 spiro atoms. The first-order valence-electron chi connectivity index (χ1n) is 8.09. The molecule has 0 radical (unpaired) electrons. The van der Waals surface area contributed by atoms with Crippen molar-refractivity contribution in [2.45, 2.75) is 5.16 Å². The molecule has 2 aromatic carbocycles. The zero-order valence-electron chi connectivity index (χ0n) is 14.0. The number of carbonyl (C=O) groups excluding carboxylic acids is 1. The highest BCUT2D eigenvalue weighted by Gasteiger charge is 2.14. The lowest BCUT2D eigenvalue weighted by Crippen LogP contribution is -2.16. The third-order valence-corrected chi connectivity index (χ3v) is 4.61. The summed E-state index contributed by atoms with van der Waals surface area (Å²) in [5.41, 5.74) is 1.33. The van der Waals surface area contributed by atoms with E-state index in [0.29, 0.717) is 10.7 Å². The summed E-state index contributed by atoms with van der Waals surface area (Å²) < 4.78 is 1.43. The second-order valence-electron chi connectivity index (χ2n) is 5.59. The van der Waals surface area contributed by atoms with Crippen LogP contribution < -0.4 is 10.9 Å². The van der Waals surface area contributed by atoms with E-state index in [1.165, 1.54) is 16.3 Å². The van der Waals surface area contributed by atoms with Crippen molar-refractivity contribution in [3.63, 3.8) is 0 Å². The topological polar surface area (TPSA) is 105 Å². The van der Waals surface area contributed by atoms with Gasteiger partial charge in [-0.15, -0.1) is 10.2 Å². The predicted octanol–water partition coefficient (Wildman–Crippen LogP) is 2.21. The van der Waals surface area contributed by atoms with Gasteiger partial charge in [0.2, 0.25) is 11.1 Å². The minimum atomic E-state index is -0.348. The van der Waals surface area contributed by atoms with E-state index in [1.807, 2.05) is 48.5 Å². The largest absolute Gasteiger partial charge is 0.325 e. The summed E-state index contributed by atoms with van der Waals surface area (Å²) in [5.74, 6) is 0.193. The molecule has 0 saturated carbocycles. The number of anilines is 1. The molecular formula is C18H14N6O2S. The Morgan fingerprint density at radius 1 is 1.04 bits per heavy atom. The van der Waals surface area contributed by atoms with Gasteiger partial charge in [0, 0.05) is 11.3 Å². The number of para-hydroxylation sites is 1. The Kier molecular flexibility index (Phi) is 4.67. The van der Waals surface area contributed by atoms with E-state index in [4.69, 9.17) is 0 Å². The van der Waals surface area contributed by atoms with E-state index in [0.717, 1.165) is 5.69 Å². The van der Waals surface area contributed by atoms with E-state index in [9.17, 15) is 9.59 Å². The van der Waals surface area contributed by atoms with Gasteiger partial charge >= 0.3 is 0 Å². The summed E-state index contributed by atoms with van der Waals surface area (Å²) in [6.45, 7) is 0. The van der Waals surface area contributed by atoms with Crippen molar-refractivity contribution >= 4 is 29.1 Å². The number of benzene rings is 2. The van der Waals surface area contributed by atoms with Crippen molar-refractivity contribution in [3.05, 3.63) is 71.0 Å². The number of hydrogen-bond acceptors (Lipinski definition) is 6. The minimum absolute atomic E-state index is 0.136. The number of rotatable bonds is 5. The zero-order chi connectivity index (χ0) is 18.6. The van der Waals surface area contributed by atoms with Crippen molar-refractivity contribution < 1.29 is 4.79 Å². The van der Waals surface area contributed by atoms with Crippen LogP contribution >= 0.6 is 11.8 Å². The number of H-pyrrole nitrogens is 1. The number of hydrogen-bond donors (Lipinski definition) is 2. The van der Waals surface area contributed by atoms with Crippen LogP contribution in [0.4, 0.5) is 5.69 Å². The number of amides is 1. The average molecular weight is 378 g/mol. The van der Waals surface area contributed by atoms with E-state index >= 15 is 0 Å². The summed E-state index contributed by atoms with van der Waals surface area (Å²) in [5, 5.41) is 15.5. The van der Waals surface area contributed by atoms with Crippen molar-refractivity contribution in [1.82, 2.24) is 24.8 Å². The molecule has 4 rings (SSSR count). The van der Waals surface area contributed by atoms with Crippen LogP contribution in [0, 0.1) is 0 Å². The first-order chi connectivity index (χ1) is 13.2. The molecule has 2 N–H and O–H groups in total.